The highest BCUT2D eigenvalue weighted by Gasteiger charge is 2.13. The van der Waals surface area contributed by atoms with Crippen LogP contribution in [0.15, 0.2) is 46.9 Å². The number of alkyl halides is 1. The van der Waals surface area contributed by atoms with Gasteiger partial charge in [-0.25, -0.2) is 4.39 Å². The Labute approximate surface area is 120 Å². The summed E-state index contributed by atoms with van der Waals surface area (Å²) >= 11 is 9.77. The van der Waals surface area contributed by atoms with Gasteiger partial charge < -0.3 is 0 Å². The molecule has 0 aromatic heterocycles. The normalized spacial score (nSPS) is 12.4. The molecule has 0 saturated heterocycles. The first-order valence-electron chi connectivity index (χ1n) is 5.71. The van der Waals surface area contributed by atoms with E-state index in [9.17, 15) is 4.39 Å². The van der Waals surface area contributed by atoms with Crippen LogP contribution in [0.3, 0.4) is 0 Å². The molecule has 0 spiro atoms. The smallest absolute Gasteiger partial charge is 0.124 e. The molecule has 0 nitrogen and oxygen atoms in total. The van der Waals surface area contributed by atoms with Crippen LogP contribution in [0, 0.1) is 12.7 Å². The van der Waals surface area contributed by atoms with Crippen molar-refractivity contribution in [3.05, 3.63) is 69.4 Å². The van der Waals surface area contributed by atoms with E-state index < -0.39 is 0 Å². The number of rotatable bonds is 3. The summed E-state index contributed by atoms with van der Waals surface area (Å²) in [7, 11) is 0. The maximum Gasteiger partial charge on any atom is 0.124 e. The number of hydrogen-bond acceptors (Lipinski definition) is 0. The molecular formula is C15H13BrClF. The van der Waals surface area contributed by atoms with Crippen LogP contribution in [0.25, 0.3) is 0 Å². The second kappa shape index (κ2) is 5.85. The van der Waals surface area contributed by atoms with Gasteiger partial charge >= 0.3 is 0 Å². The summed E-state index contributed by atoms with van der Waals surface area (Å²) in [6.07, 6.45) is 0.735. The number of benzene rings is 2. The Morgan fingerprint density at radius 1 is 1.22 bits per heavy atom. The minimum atomic E-state index is -0.259. The molecule has 2 rings (SSSR count). The second-order valence-electron chi connectivity index (χ2n) is 4.26. The van der Waals surface area contributed by atoms with Crippen molar-refractivity contribution in [3.8, 4) is 0 Å². The fourth-order valence-electron chi connectivity index (χ4n) is 1.90. The lowest BCUT2D eigenvalue weighted by Gasteiger charge is -2.13. The highest BCUT2D eigenvalue weighted by Crippen LogP contribution is 2.32. The van der Waals surface area contributed by atoms with Crippen molar-refractivity contribution in [2.75, 3.05) is 0 Å². The molecule has 2 aromatic rings. The molecule has 94 valence electrons. The Bertz CT molecular complexity index is 554. The Morgan fingerprint density at radius 3 is 2.61 bits per heavy atom. The van der Waals surface area contributed by atoms with Crippen LogP contribution in [0.5, 0.6) is 0 Å². The fraction of sp³-hybridized carbons (Fsp3) is 0.200. The van der Waals surface area contributed by atoms with Gasteiger partial charge in [0, 0.05) is 4.47 Å². The Hall–Kier alpha value is -0.860. The molecule has 0 heterocycles. The zero-order valence-electron chi connectivity index (χ0n) is 9.96. The molecule has 2 aromatic carbocycles. The first kappa shape index (κ1) is 13.6. The van der Waals surface area contributed by atoms with Crippen molar-refractivity contribution in [2.45, 2.75) is 18.7 Å². The van der Waals surface area contributed by atoms with Gasteiger partial charge in [-0.15, -0.1) is 11.6 Å². The van der Waals surface area contributed by atoms with E-state index in [0.717, 1.165) is 16.5 Å². The van der Waals surface area contributed by atoms with Gasteiger partial charge in [0.25, 0.3) is 0 Å². The molecule has 0 aliphatic carbocycles. The van der Waals surface area contributed by atoms with Crippen molar-refractivity contribution >= 4 is 27.5 Å². The SMILES string of the molecule is Cc1ccccc1CC(Cl)c1ccc(F)cc1Br. The lowest BCUT2D eigenvalue weighted by atomic mass is 10.0. The minimum absolute atomic E-state index is 0.166. The van der Waals surface area contributed by atoms with Crippen LogP contribution in [0.1, 0.15) is 22.1 Å². The van der Waals surface area contributed by atoms with Crippen molar-refractivity contribution in [3.63, 3.8) is 0 Å². The van der Waals surface area contributed by atoms with Gasteiger partial charge in [-0.2, -0.15) is 0 Å². The topological polar surface area (TPSA) is 0 Å². The summed E-state index contributed by atoms with van der Waals surface area (Å²) in [4.78, 5) is 0. The van der Waals surface area contributed by atoms with E-state index in [1.54, 1.807) is 6.07 Å². The number of halogens is 3. The lowest BCUT2D eigenvalue weighted by Crippen LogP contribution is -1.99. The van der Waals surface area contributed by atoms with Crippen LogP contribution in [-0.2, 0) is 6.42 Å². The molecule has 3 heteroatoms. The van der Waals surface area contributed by atoms with Crippen LogP contribution in [-0.4, -0.2) is 0 Å². The molecule has 1 atom stereocenters. The average Bonchev–Trinajstić information content (AvgIpc) is 2.32. The zero-order valence-corrected chi connectivity index (χ0v) is 12.3. The Morgan fingerprint density at radius 2 is 1.94 bits per heavy atom. The summed E-state index contributed by atoms with van der Waals surface area (Å²) in [5, 5.41) is -0.166. The van der Waals surface area contributed by atoms with Gasteiger partial charge in [0.1, 0.15) is 5.82 Å². The minimum Gasteiger partial charge on any atom is -0.207 e. The maximum absolute atomic E-state index is 13.0. The molecule has 1 unspecified atom stereocenters. The van der Waals surface area contributed by atoms with E-state index in [-0.39, 0.29) is 11.2 Å². The summed E-state index contributed by atoms with van der Waals surface area (Å²) < 4.78 is 13.7. The highest BCUT2D eigenvalue weighted by molar-refractivity contribution is 9.10. The molecule has 18 heavy (non-hydrogen) atoms. The van der Waals surface area contributed by atoms with Crippen LogP contribution >= 0.6 is 27.5 Å². The van der Waals surface area contributed by atoms with Gasteiger partial charge in [0.05, 0.1) is 5.38 Å². The van der Waals surface area contributed by atoms with Gasteiger partial charge in [-0.3, -0.25) is 0 Å². The van der Waals surface area contributed by atoms with Crippen LogP contribution < -0.4 is 0 Å². The third-order valence-electron chi connectivity index (χ3n) is 2.96. The summed E-state index contributed by atoms with van der Waals surface area (Å²) in [6, 6.07) is 12.8. The standard InChI is InChI=1S/C15H13BrClF/c1-10-4-2-3-5-11(10)8-15(17)13-7-6-12(18)9-14(13)16/h2-7,9,15H,8H2,1H3. The molecule has 0 aliphatic heterocycles. The third kappa shape index (κ3) is 3.12. The van der Waals surface area contributed by atoms with Gasteiger partial charge in [0.15, 0.2) is 0 Å². The monoisotopic (exact) mass is 326 g/mol. The van der Waals surface area contributed by atoms with Crippen molar-refractivity contribution in [1.29, 1.82) is 0 Å². The van der Waals surface area contributed by atoms with Crippen LogP contribution in [0.2, 0.25) is 0 Å². The largest absolute Gasteiger partial charge is 0.207 e. The Balaban J connectivity index is 2.22. The Kier molecular flexibility index (Phi) is 4.41. The van der Waals surface area contributed by atoms with Crippen molar-refractivity contribution in [2.24, 2.45) is 0 Å². The van der Waals surface area contributed by atoms with Crippen LogP contribution in [0.4, 0.5) is 4.39 Å². The molecule has 0 radical (unpaired) electrons. The predicted octanol–water partition coefficient (Wildman–Crippen LogP) is 5.42. The first-order chi connectivity index (χ1) is 8.58. The fourth-order valence-corrected chi connectivity index (χ4v) is 3.01. The quantitative estimate of drug-likeness (QED) is 0.660. The van der Waals surface area contributed by atoms with E-state index in [0.29, 0.717) is 0 Å². The predicted molar refractivity (Wildman–Crippen MR) is 77.6 cm³/mol. The van der Waals surface area contributed by atoms with Crippen molar-refractivity contribution in [1.82, 2.24) is 0 Å². The first-order valence-corrected chi connectivity index (χ1v) is 6.94. The summed E-state index contributed by atoms with van der Waals surface area (Å²) in [5.41, 5.74) is 3.36. The summed E-state index contributed by atoms with van der Waals surface area (Å²) in [5.74, 6) is -0.259. The average molecular weight is 328 g/mol. The molecule has 0 saturated carbocycles. The zero-order chi connectivity index (χ0) is 13.1. The molecule has 0 aliphatic rings. The molecule has 0 bridgehead atoms. The van der Waals surface area contributed by atoms with E-state index in [2.05, 4.69) is 35.0 Å². The molecular weight excluding hydrogens is 315 g/mol. The summed E-state index contributed by atoms with van der Waals surface area (Å²) in [6.45, 7) is 2.07. The number of aryl methyl sites for hydroxylation is 1. The molecule has 0 fully saturated rings. The van der Waals surface area contributed by atoms with Gasteiger partial charge in [-0.05, 0) is 42.2 Å². The molecule has 0 amide bonds. The lowest BCUT2D eigenvalue weighted by molar-refractivity contribution is 0.625. The highest BCUT2D eigenvalue weighted by atomic mass is 79.9. The third-order valence-corrected chi connectivity index (χ3v) is 4.04. The maximum atomic E-state index is 13.0. The molecule has 0 N–H and O–H groups in total. The van der Waals surface area contributed by atoms with E-state index in [1.165, 1.54) is 23.3 Å². The second-order valence-corrected chi connectivity index (χ2v) is 5.65. The van der Waals surface area contributed by atoms with E-state index in [4.69, 9.17) is 11.6 Å². The van der Waals surface area contributed by atoms with Crippen molar-refractivity contribution < 1.29 is 4.39 Å². The van der Waals surface area contributed by atoms with Gasteiger partial charge in [-0.1, -0.05) is 46.3 Å². The van der Waals surface area contributed by atoms with E-state index >= 15 is 0 Å². The van der Waals surface area contributed by atoms with Gasteiger partial charge in [0.2, 0.25) is 0 Å². The van der Waals surface area contributed by atoms with E-state index in [1.807, 2.05) is 12.1 Å². The number of hydrogen-bond donors (Lipinski definition) is 0.